The molecule has 2 unspecified atom stereocenters. The summed E-state index contributed by atoms with van der Waals surface area (Å²) in [5, 5.41) is 3.10. The molecule has 120 valence electrons. The average Bonchev–Trinajstić information content (AvgIpc) is 3.04. The summed E-state index contributed by atoms with van der Waals surface area (Å²) < 4.78 is 37.5. The smallest absolute Gasteiger partial charge is 0.274 e. The van der Waals surface area contributed by atoms with E-state index in [4.69, 9.17) is 9.15 Å². The van der Waals surface area contributed by atoms with Crippen LogP contribution < -0.4 is 10.0 Å². The molecule has 1 aromatic heterocycles. The van der Waals surface area contributed by atoms with Crippen molar-refractivity contribution in [2.24, 2.45) is 5.92 Å². The van der Waals surface area contributed by atoms with Gasteiger partial charge in [0.05, 0.1) is 13.2 Å². The van der Waals surface area contributed by atoms with Crippen LogP contribution >= 0.6 is 0 Å². The number of furan rings is 1. The van der Waals surface area contributed by atoms with Crippen LogP contribution in [0.5, 0.6) is 0 Å². The standard InChI is InChI=1S/C14H24N2O4S/c1-11-3-4-12(9-11)16-21(17,18)14-6-5-13(20-14)10-15-7-8-19-2/h5-6,11-12,15-16H,3-4,7-10H2,1-2H3. The van der Waals surface area contributed by atoms with Gasteiger partial charge in [-0.3, -0.25) is 0 Å². The first-order valence-electron chi connectivity index (χ1n) is 7.32. The summed E-state index contributed by atoms with van der Waals surface area (Å²) in [6.45, 7) is 3.93. The molecule has 7 heteroatoms. The molecule has 1 aliphatic carbocycles. The maximum Gasteiger partial charge on any atom is 0.274 e. The van der Waals surface area contributed by atoms with Crippen molar-refractivity contribution in [3.8, 4) is 0 Å². The van der Waals surface area contributed by atoms with Crippen LogP contribution in [0.1, 0.15) is 31.9 Å². The monoisotopic (exact) mass is 316 g/mol. The van der Waals surface area contributed by atoms with E-state index in [0.29, 0.717) is 31.4 Å². The average molecular weight is 316 g/mol. The Hall–Kier alpha value is -0.890. The van der Waals surface area contributed by atoms with E-state index in [-0.39, 0.29) is 11.1 Å². The fraction of sp³-hybridized carbons (Fsp3) is 0.714. The summed E-state index contributed by atoms with van der Waals surface area (Å²) >= 11 is 0. The quantitative estimate of drug-likeness (QED) is 0.710. The molecule has 0 spiro atoms. The van der Waals surface area contributed by atoms with Crippen LogP contribution in [0, 0.1) is 5.92 Å². The minimum atomic E-state index is -3.55. The van der Waals surface area contributed by atoms with E-state index in [2.05, 4.69) is 17.0 Å². The minimum absolute atomic E-state index is 0.00871. The predicted molar refractivity (Wildman–Crippen MR) is 79.4 cm³/mol. The highest BCUT2D eigenvalue weighted by Gasteiger charge is 2.28. The summed E-state index contributed by atoms with van der Waals surface area (Å²) in [7, 11) is -1.92. The molecule has 0 aliphatic heterocycles. The lowest BCUT2D eigenvalue weighted by molar-refractivity contribution is 0.198. The highest BCUT2D eigenvalue weighted by Crippen LogP contribution is 2.26. The van der Waals surface area contributed by atoms with Crippen molar-refractivity contribution in [1.82, 2.24) is 10.0 Å². The van der Waals surface area contributed by atoms with Crippen molar-refractivity contribution >= 4 is 10.0 Å². The van der Waals surface area contributed by atoms with Crippen molar-refractivity contribution in [2.45, 2.75) is 43.9 Å². The van der Waals surface area contributed by atoms with Crippen LogP contribution in [-0.4, -0.2) is 34.7 Å². The third kappa shape index (κ3) is 4.81. The first-order valence-corrected chi connectivity index (χ1v) is 8.80. The van der Waals surface area contributed by atoms with Crippen LogP contribution in [0.15, 0.2) is 21.6 Å². The fourth-order valence-corrected chi connectivity index (χ4v) is 3.81. The van der Waals surface area contributed by atoms with Gasteiger partial charge in [0, 0.05) is 19.7 Å². The molecule has 0 amide bonds. The largest absolute Gasteiger partial charge is 0.447 e. The summed E-state index contributed by atoms with van der Waals surface area (Å²) in [5.41, 5.74) is 0. The Bertz CT molecular complexity index is 541. The molecule has 0 radical (unpaired) electrons. The summed E-state index contributed by atoms with van der Waals surface area (Å²) in [6, 6.07) is 3.22. The third-order valence-electron chi connectivity index (χ3n) is 3.70. The summed E-state index contributed by atoms with van der Waals surface area (Å²) in [6.07, 6.45) is 2.86. The minimum Gasteiger partial charge on any atom is -0.447 e. The van der Waals surface area contributed by atoms with Crippen LogP contribution in [0.2, 0.25) is 0 Å². The lowest BCUT2D eigenvalue weighted by Gasteiger charge is -2.11. The Morgan fingerprint density at radius 2 is 2.19 bits per heavy atom. The van der Waals surface area contributed by atoms with Crippen LogP contribution in [0.25, 0.3) is 0 Å². The molecule has 0 bridgehead atoms. The second-order valence-corrected chi connectivity index (χ2v) is 7.27. The Morgan fingerprint density at radius 1 is 1.38 bits per heavy atom. The van der Waals surface area contributed by atoms with Crippen molar-refractivity contribution in [3.05, 3.63) is 17.9 Å². The number of sulfonamides is 1. The Kier molecular flexibility index (Phi) is 5.80. The van der Waals surface area contributed by atoms with Crippen molar-refractivity contribution < 1.29 is 17.6 Å². The third-order valence-corrected chi connectivity index (χ3v) is 5.09. The van der Waals surface area contributed by atoms with Gasteiger partial charge in [-0.05, 0) is 37.3 Å². The Balaban J connectivity index is 1.89. The van der Waals surface area contributed by atoms with Crippen molar-refractivity contribution in [2.75, 3.05) is 20.3 Å². The van der Waals surface area contributed by atoms with E-state index >= 15 is 0 Å². The van der Waals surface area contributed by atoms with Crippen molar-refractivity contribution in [1.29, 1.82) is 0 Å². The number of hydrogen-bond donors (Lipinski definition) is 2. The summed E-state index contributed by atoms with van der Waals surface area (Å²) in [4.78, 5) is 0. The number of methoxy groups -OCH3 is 1. The van der Waals surface area contributed by atoms with E-state index < -0.39 is 10.0 Å². The second kappa shape index (κ2) is 7.40. The number of hydrogen-bond acceptors (Lipinski definition) is 5. The van der Waals surface area contributed by atoms with E-state index in [0.717, 1.165) is 19.3 Å². The molecule has 1 fully saturated rings. The molecule has 0 aromatic carbocycles. The van der Waals surface area contributed by atoms with Gasteiger partial charge in [0.15, 0.2) is 0 Å². The van der Waals surface area contributed by atoms with Gasteiger partial charge >= 0.3 is 0 Å². The molecule has 1 aliphatic rings. The molecular weight excluding hydrogens is 292 g/mol. The van der Waals surface area contributed by atoms with E-state index in [9.17, 15) is 8.42 Å². The van der Waals surface area contributed by atoms with E-state index in [1.807, 2.05) is 0 Å². The highest BCUT2D eigenvalue weighted by atomic mass is 32.2. The number of rotatable bonds is 8. The van der Waals surface area contributed by atoms with Gasteiger partial charge in [-0.1, -0.05) is 6.92 Å². The normalized spacial score (nSPS) is 22.8. The topological polar surface area (TPSA) is 80.6 Å². The van der Waals surface area contributed by atoms with Crippen LogP contribution in [-0.2, 0) is 21.3 Å². The molecule has 1 saturated carbocycles. The van der Waals surface area contributed by atoms with Crippen LogP contribution in [0.3, 0.4) is 0 Å². The molecule has 1 heterocycles. The lowest BCUT2D eigenvalue weighted by Crippen LogP contribution is -2.32. The van der Waals surface area contributed by atoms with Gasteiger partial charge in [-0.25, -0.2) is 13.1 Å². The predicted octanol–water partition coefficient (Wildman–Crippen LogP) is 1.48. The van der Waals surface area contributed by atoms with Gasteiger partial charge < -0.3 is 14.5 Å². The van der Waals surface area contributed by atoms with Gasteiger partial charge in [-0.2, -0.15) is 0 Å². The Morgan fingerprint density at radius 3 is 2.86 bits per heavy atom. The molecule has 1 aromatic rings. The molecule has 2 atom stereocenters. The zero-order valence-electron chi connectivity index (χ0n) is 12.6. The SMILES string of the molecule is COCCNCc1ccc(S(=O)(=O)NC2CCC(C)C2)o1. The maximum atomic E-state index is 12.2. The van der Waals surface area contributed by atoms with Crippen molar-refractivity contribution in [3.63, 3.8) is 0 Å². The first-order chi connectivity index (χ1) is 10.0. The van der Waals surface area contributed by atoms with Gasteiger partial charge in [0.25, 0.3) is 10.0 Å². The van der Waals surface area contributed by atoms with Crippen LogP contribution in [0.4, 0.5) is 0 Å². The number of ether oxygens (including phenoxy) is 1. The summed E-state index contributed by atoms with van der Waals surface area (Å²) in [5.74, 6) is 1.18. The van der Waals surface area contributed by atoms with Gasteiger partial charge in [0.2, 0.25) is 5.09 Å². The molecule has 2 rings (SSSR count). The van der Waals surface area contributed by atoms with E-state index in [1.165, 1.54) is 6.07 Å². The fourth-order valence-electron chi connectivity index (χ4n) is 2.58. The van der Waals surface area contributed by atoms with Gasteiger partial charge in [0.1, 0.15) is 5.76 Å². The molecule has 6 nitrogen and oxygen atoms in total. The zero-order chi connectivity index (χ0) is 15.3. The first kappa shape index (κ1) is 16.5. The number of nitrogens with one attached hydrogen (secondary N) is 2. The highest BCUT2D eigenvalue weighted by molar-refractivity contribution is 7.89. The molecule has 0 saturated heterocycles. The van der Waals surface area contributed by atoms with Gasteiger partial charge in [-0.15, -0.1) is 0 Å². The lowest BCUT2D eigenvalue weighted by atomic mass is 10.1. The maximum absolute atomic E-state index is 12.2. The van der Waals surface area contributed by atoms with E-state index in [1.54, 1.807) is 13.2 Å². The second-order valence-electron chi connectivity index (χ2n) is 5.63. The molecule has 21 heavy (non-hydrogen) atoms. The zero-order valence-corrected chi connectivity index (χ0v) is 13.4. The Labute approximate surface area is 126 Å². The molecule has 2 N–H and O–H groups in total. The molecular formula is C14H24N2O4S.